The molecule has 0 aliphatic carbocycles. The lowest BCUT2D eigenvalue weighted by atomic mass is 9.95. The molecule has 1 heterocycles. The molecule has 0 unspecified atom stereocenters. The van der Waals surface area contributed by atoms with Crippen molar-refractivity contribution in [2.45, 2.75) is 18.1 Å². The minimum Gasteiger partial charge on any atom is -0.443 e. The van der Waals surface area contributed by atoms with Gasteiger partial charge in [-0.15, -0.1) is 0 Å². The quantitative estimate of drug-likeness (QED) is 0.803. The maximum absolute atomic E-state index is 13.6. The van der Waals surface area contributed by atoms with Gasteiger partial charge in [-0.25, -0.2) is 13.6 Å². The molecule has 1 amide bonds. The number of ether oxygens (including phenoxy) is 1. The zero-order valence-corrected chi connectivity index (χ0v) is 9.30. The summed E-state index contributed by atoms with van der Waals surface area (Å²) < 4.78 is 69.6. The number of carbonyl (C=O) groups is 1. The number of halogens is 5. The molecule has 1 N–H and O–H groups in total. The Morgan fingerprint density at radius 2 is 1.89 bits per heavy atom. The zero-order valence-electron chi connectivity index (χ0n) is 9.30. The van der Waals surface area contributed by atoms with E-state index < -0.39 is 42.0 Å². The summed E-state index contributed by atoms with van der Waals surface area (Å²) in [7, 11) is 0. The van der Waals surface area contributed by atoms with E-state index in [4.69, 9.17) is 0 Å². The van der Waals surface area contributed by atoms with Crippen LogP contribution in [0.3, 0.4) is 0 Å². The monoisotopic (exact) mass is 281 g/mol. The van der Waals surface area contributed by atoms with Crippen LogP contribution in [0.15, 0.2) is 24.3 Å². The van der Waals surface area contributed by atoms with Crippen LogP contribution in [-0.2, 0) is 10.9 Å². The van der Waals surface area contributed by atoms with Gasteiger partial charge in [0.05, 0.1) is 5.56 Å². The van der Waals surface area contributed by atoms with Gasteiger partial charge in [0.25, 0.3) is 0 Å². The topological polar surface area (TPSA) is 38.3 Å². The van der Waals surface area contributed by atoms with E-state index in [9.17, 15) is 26.7 Å². The Morgan fingerprint density at radius 3 is 2.53 bits per heavy atom. The largest absolute Gasteiger partial charge is 0.443 e. The van der Waals surface area contributed by atoms with Crippen LogP contribution in [-0.4, -0.2) is 18.6 Å². The fourth-order valence-corrected chi connectivity index (χ4v) is 1.82. The van der Waals surface area contributed by atoms with Crippen LogP contribution < -0.4 is 5.32 Å². The van der Waals surface area contributed by atoms with Crippen molar-refractivity contribution < 1.29 is 31.5 Å². The van der Waals surface area contributed by atoms with E-state index in [-0.39, 0.29) is 0 Å². The molecular weight excluding hydrogens is 273 g/mol. The molecule has 0 spiro atoms. The van der Waals surface area contributed by atoms with Crippen LogP contribution in [0.2, 0.25) is 0 Å². The number of cyclic esters (lactones) is 1. The van der Waals surface area contributed by atoms with Crippen LogP contribution in [0.4, 0.5) is 26.7 Å². The summed E-state index contributed by atoms with van der Waals surface area (Å²) in [5, 5.41) is 1.72. The molecule has 19 heavy (non-hydrogen) atoms. The number of alkyl carbamates (subject to hydrolysis) is 1. The molecule has 3 nitrogen and oxygen atoms in total. The Hall–Kier alpha value is -1.86. The second-order valence-corrected chi connectivity index (χ2v) is 4.00. The average molecular weight is 281 g/mol. The number of rotatable bonds is 1. The highest BCUT2D eigenvalue weighted by Crippen LogP contribution is 2.40. The first-order valence-corrected chi connectivity index (χ1v) is 5.19. The molecule has 104 valence electrons. The third-order valence-electron chi connectivity index (χ3n) is 2.66. The minimum atomic E-state index is -4.78. The Kier molecular flexibility index (Phi) is 3.11. The van der Waals surface area contributed by atoms with Crippen molar-refractivity contribution in [3.05, 3.63) is 35.4 Å². The predicted molar refractivity (Wildman–Crippen MR) is 53.6 cm³/mol. The first-order chi connectivity index (χ1) is 8.72. The molecule has 1 aliphatic rings. The Bertz CT molecular complexity index is 500. The summed E-state index contributed by atoms with van der Waals surface area (Å²) in [6.45, 7) is -1.25. The molecule has 1 aliphatic heterocycles. The second kappa shape index (κ2) is 4.36. The van der Waals surface area contributed by atoms with Gasteiger partial charge in [0.2, 0.25) is 0 Å². The molecule has 0 saturated carbocycles. The molecule has 1 saturated heterocycles. The maximum Gasteiger partial charge on any atom is 0.416 e. The van der Waals surface area contributed by atoms with E-state index in [0.717, 1.165) is 12.1 Å². The Morgan fingerprint density at radius 1 is 1.26 bits per heavy atom. The number of nitrogens with one attached hydrogen (secondary N) is 1. The highest BCUT2D eigenvalue weighted by atomic mass is 19.4. The summed E-state index contributed by atoms with van der Waals surface area (Å²) >= 11 is 0. The maximum atomic E-state index is 13.6. The number of hydrogen-bond acceptors (Lipinski definition) is 2. The summed E-state index contributed by atoms with van der Waals surface area (Å²) in [5.74, 6) is -3.62. The normalized spacial score (nSPS) is 22.6. The van der Waals surface area contributed by atoms with E-state index in [2.05, 4.69) is 4.74 Å². The van der Waals surface area contributed by atoms with Crippen LogP contribution in [0.25, 0.3) is 0 Å². The zero-order chi connectivity index (χ0) is 14.3. The molecule has 2 rings (SSSR count). The van der Waals surface area contributed by atoms with Crippen molar-refractivity contribution in [1.82, 2.24) is 5.32 Å². The van der Waals surface area contributed by atoms with Crippen molar-refractivity contribution in [3.8, 4) is 0 Å². The molecule has 1 aromatic carbocycles. The predicted octanol–water partition coefficient (Wildman–Crippen LogP) is 3.12. The van der Waals surface area contributed by atoms with Gasteiger partial charge in [0, 0.05) is 0 Å². The van der Waals surface area contributed by atoms with Crippen molar-refractivity contribution in [2.24, 2.45) is 0 Å². The molecule has 0 aromatic heterocycles. The van der Waals surface area contributed by atoms with E-state index in [0.29, 0.717) is 6.07 Å². The van der Waals surface area contributed by atoms with Crippen molar-refractivity contribution in [1.29, 1.82) is 0 Å². The minimum absolute atomic E-state index is 0.684. The number of amides is 1. The standard InChI is InChI=1S/C11H8F5NO2/c12-10(13)5-19-9(18)17-8(10)6-3-1-2-4-7(6)11(14,15)16/h1-4,8H,5H2,(H,17,18)/t8-/m1/s1. The average Bonchev–Trinajstić information content (AvgIpc) is 2.31. The lowest BCUT2D eigenvalue weighted by molar-refractivity contribution is -0.141. The van der Waals surface area contributed by atoms with Crippen molar-refractivity contribution in [3.63, 3.8) is 0 Å². The molecule has 0 radical (unpaired) electrons. The third-order valence-corrected chi connectivity index (χ3v) is 2.66. The van der Waals surface area contributed by atoms with Gasteiger partial charge in [-0.2, -0.15) is 13.2 Å². The fourth-order valence-electron chi connectivity index (χ4n) is 1.82. The van der Waals surface area contributed by atoms with Gasteiger partial charge in [-0.05, 0) is 11.6 Å². The summed E-state index contributed by atoms with van der Waals surface area (Å²) in [4.78, 5) is 10.9. The highest BCUT2D eigenvalue weighted by Gasteiger charge is 2.49. The number of carbonyl (C=O) groups excluding carboxylic acids is 1. The molecule has 0 bridgehead atoms. The van der Waals surface area contributed by atoms with Gasteiger partial charge in [-0.3, -0.25) is 0 Å². The van der Waals surface area contributed by atoms with E-state index >= 15 is 0 Å². The second-order valence-electron chi connectivity index (χ2n) is 4.00. The van der Waals surface area contributed by atoms with Crippen LogP contribution in [0, 0.1) is 0 Å². The molecule has 1 fully saturated rings. The number of alkyl halides is 5. The molecule has 1 atom stereocenters. The van der Waals surface area contributed by atoms with Crippen LogP contribution >= 0.6 is 0 Å². The van der Waals surface area contributed by atoms with Crippen LogP contribution in [0.5, 0.6) is 0 Å². The van der Waals surface area contributed by atoms with Crippen molar-refractivity contribution in [2.75, 3.05) is 6.61 Å². The number of benzene rings is 1. The van der Waals surface area contributed by atoms with E-state index in [1.807, 2.05) is 0 Å². The Balaban J connectivity index is 2.48. The highest BCUT2D eigenvalue weighted by molar-refractivity contribution is 5.69. The first kappa shape index (κ1) is 13.6. The van der Waals surface area contributed by atoms with E-state index in [1.165, 1.54) is 6.07 Å². The summed E-state index contributed by atoms with van der Waals surface area (Å²) in [6, 6.07) is 1.82. The van der Waals surface area contributed by atoms with E-state index in [1.54, 1.807) is 5.32 Å². The summed E-state index contributed by atoms with van der Waals surface area (Å²) in [5.41, 5.74) is -1.89. The van der Waals surface area contributed by atoms with Crippen molar-refractivity contribution >= 4 is 6.09 Å². The lowest BCUT2D eigenvalue weighted by Crippen LogP contribution is -2.50. The lowest BCUT2D eigenvalue weighted by Gasteiger charge is -2.33. The fraction of sp³-hybridized carbons (Fsp3) is 0.364. The van der Waals surface area contributed by atoms with Gasteiger partial charge >= 0.3 is 18.2 Å². The third kappa shape index (κ3) is 2.61. The van der Waals surface area contributed by atoms with Gasteiger partial charge < -0.3 is 10.1 Å². The Labute approximate surface area is 104 Å². The van der Waals surface area contributed by atoms with Gasteiger partial charge in [0.15, 0.2) is 6.61 Å². The van der Waals surface area contributed by atoms with Gasteiger partial charge in [-0.1, -0.05) is 18.2 Å². The smallest absolute Gasteiger partial charge is 0.416 e. The van der Waals surface area contributed by atoms with Crippen LogP contribution in [0.1, 0.15) is 17.2 Å². The molecular formula is C11H8F5NO2. The van der Waals surface area contributed by atoms with Gasteiger partial charge in [0.1, 0.15) is 6.04 Å². The molecule has 8 heteroatoms. The first-order valence-electron chi connectivity index (χ1n) is 5.19. The summed E-state index contributed by atoms with van der Waals surface area (Å²) in [6.07, 6.45) is -5.96. The SMILES string of the molecule is O=C1N[C@H](c2ccccc2C(F)(F)F)C(F)(F)CO1. The number of hydrogen-bond donors (Lipinski definition) is 1. The molecule has 1 aromatic rings.